The van der Waals surface area contributed by atoms with Gasteiger partial charge in [-0.1, -0.05) is 261 Å². The van der Waals surface area contributed by atoms with Crippen molar-refractivity contribution in [2.24, 2.45) is 0 Å². The van der Waals surface area contributed by atoms with Crippen molar-refractivity contribution >= 4 is 17.9 Å². The van der Waals surface area contributed by atoms with Gasteiger partial charge in [0.1, 0.15) is 13.2 Å². The molecule has 0 N–H and O–H groups in total. The molecule has 0 heterocycles. The zero-order chi connectivity index (χ0) is 50.7. The predicted molar refractivity (Wildman–Crippen MR) is 302 cm³/mol. The molecule has 0 aliphatic rings. The van der Waals surface area contributed by atoms with Crippen molar-refractivity contribution in [3.8, 4) is 0 Å². The highest BCUT2D eigenvalue weighted by Gasteiger charge is 2.19. The van der Waals surface area contributed by atoms with E-state index < -0.39 is 6.10 Å². The van der Waals surface area contributed by atoms with Crippen molar-refractivity contribution in [1.82, 2.24) is 0 Å². The maximum atomic E-state index is 12.8. The lowest BCUT2D eigenvalue weighted by molar-refractivity contribution is -0.167. The SMILES string of the molecule is CC/C=C\C/C=C\C/C=C\C/C=C\CCCCCCCCCCCCCCC(=O)OCC(COC(=O)CCCCCCCCCC)OC(=O)CCCCCCCCCCC/C=C\C/C=C\CCCCC. The molecule has 0 rings (SSSR count). The molecule has 0 aliphatic heterocycles. The summed E-state index contributed by atoms with van der Waals surface area (Å²) in [5.41, 5.74) is 0. The van der Waals surface area contributed by atoms with Gasteiger partial charge in [0, 0.05) is 19.3 Å². The van der Waals surface area contributed by atoms with Crippen LogP contribution in [0.15, 0.2) is 72.9 Å². The van der Waals surface area contributed by atoms with E-state index in [2.05, 4.69) is 93.7 Å². The van der Waals surface area contributed by atoms with Crippen molar-refractivity contribution in [3.05, 3.63) is 72.9 Å². The normalized spacial score (nSPS) is 12.6. The Morgan fingerprint density at radius 1 is 0.300 bits per heavy atom. The fourth-order valence-electron chi connectivity index (χ4n) is 8.47. The Morgan fingerprint density at radius 2 is 0.557 bits per heavy atom. The van der Waals surface area contributed by atoms with E-state index in [9.17, 15) is 14.4 Å². The van der Waals surface area contributed by atoms with Crippen LogP contribution < -0.4 is 0 Å². The molecule has 1 atom stereocenters. The average molecular weight is 978 g/mol. The molecule has 0 aliphatic carbocycles. The van der Waals surface area contributed by atoms with Gasteiger partial charge in [0.25, 0.3) is 0 Å². The van der Waals surface area contributed by atoms with Gasteiger partial charge in [0.2, 0.25) is 0 Å². The number of allylic oxidation sites excluding steroid dienone is 12. The highest BCUT2D eigenvalue weighted by molar-refractivity contribution is 5.71. The van der Waals surface area contributed by atoms with Crippen LogP contribution in [0, 0.1) is 0 Å². The van der Waals surface area contributed by atoms with Gasteiger partial charge < -0.3 is 14.2 Å². The minimum absolute atomic E-state index is 0.0750. The lowest BCUT2D eigenvalue weighted by Gasteiger charge is -2.18. The molecule has 404 valence electrons. The second kappa shape index (κ2) is 58.4. The van der Waals surface area contributed by atoms with Gasteiger partial charge in [-0.3, -0.25) is 14.4 Å². The Bertz CT molecular complexity index is 1310. The monoisotopic (exact) mass is 977 g/mol. The number of ether oxygens (including phenoxy) is 3. The van der Waals surface area contributed by atoms with Gasteiger partial charge in [-0.2, -0.15) is 0 Å². The molecule has 0 saturated heterocycles. The predicted octanol–water partition coefficient (Wildman–Crippen LogP) is 20.2. The Kier molecular flexibility index (Phi) is 55.8. The minimum atomic E-state index is -0.775. The molecule has 0 aromatic heterocycles. The molecule has 0 amide bonds. The first-order valence-corrected chi connectivity index (χ1v) is 29.9. The van der Waals surface area contributed by atoms with Crippen LogP contribution >= 0.6 is 0 Å². The molecular weight excluding hydrogens is 865 g/mol. The zero-order valence-electron chi connectivity index (χ0n) is 46.3. The topological polar surface area (TPSA) is 78.9 Å². The average Bonchev–Trinajstić information content (AvgIpc) is 3.36. The minimum Gasteiger partial charge on any atom is -0.462 e. The van der Waals surface area contributed by atoms with Crippen molar-refractivity contribution in [1.29, 1.82) is 0 Å². The fraction of sp³-hybridized carbons (Fsp3) is 0.766. The number of unbranched alkanes of at least 4 members (excludes halogenated alkanes) is 31. The van der Waals surface area contributed by atoms with E-state index in [0.717, 1.165) is 89.9 Å². The van der Waals surface area contributed by atoms with Gasteiger partial charge in [0.15, 0.2) is 6.10 Å². The van der Waals surface area contributed by atoms with Crippen LogP contribution in [0.2, 0.25) is 0 Å². The second-order valence-electron chi connectivity index (χ2n) is 19.9. The number of esters is 3. The summed E-state index contributed by atoms with van der Waals surface area (Å²) >= 11 is 0. The number of hydrogen-bond donors (Lipinski definition) is 0. The number of rotatable bonds is 54. The summed E-state index contributed by atoms with van der Waals surface area (Å²) in [7, 11) is 0. The maximum absolute atomic E-state index is 12.8. The molecule has 6 nitrogen and oxygen atoms in total. The number of carbonyl (C=O) groups is 3. The van der Waals surface area contributed by atoms with E-state index in [4.69, 9.17) is 14.2 Å². The molecule has 0 saturated carbocycles. The van der Waals surface area contributed by atoms with E-state index in [0.29, 0.717) is 19.3 Å². The molecule has 0 spiro atoms. The number of carbonyl (C=O) groups excluding carboxylic acids is 3. The van der Waals surface area contributed by atoms with Crippen LogP contribution in [0.1, 0.15) is 297 Å². The molecule has 0 bridgehead atoms. The van der Waals surface area contributed by atoms with Crippen LogP contribution in [-0.2, 0) is 28.6 Å². The van der Waals surface area contributed by atoms with E-state index in [1.54, 1.807) is 0 Å². The lowest BCUT2D eigenvalue weighted by Crippen LogP contribution is -2.30. The molecular formula is C64H112O6. The first kappa shape index (κ1) is 66.9. The van der Waals surface area contributed by atoms with Crippen molar-refractivity contribution in [3.63, 3.8) is 0 Å². The molecule has 1 unspecified atom stereocenters. The summed E-state index contributed by atoms with van der Waals surface area (Å²) in [5, 5.41) is 0. The Morgan fingerprint density at radius 3 is 0.900 bits per heavy atom. The van der Waals surface area contributed by atoms with E-state index >= 15 is 0 Å². The largest absolute Gasteiger partial charge is 0.462 e. The van der Waals surface area contributed by atoms with E-state index in [1.807, 2.05) is 0 Å². The van der Waals surface area contributed by atoms with Gasteiger partial charge in [-0.25, -0.2) is 0 Å². The summed E-state index contributed by atoms with van der Waals surface area (Å²) in [6.45, 7) is 6.49. The van der Waals surface area contributed by atoms with Gasteiger partial charge >= 0.3 is 17.9 Å². The Balaban J connectivity index is 4.19. The summed E-state index contributed by atoms with van der Waals surface area (Å²) in [4.78, 5) is 38.1. The molecule has 0 aromatic rings. The van der Waals surface area contributed by atoms with E-state index in [-0.39, 0.29) is 31.1 Å². The highest BCUT2D eigenvalue weighted by atomic mass is 16.6. The van der Waals surface area contributed by atoms with Crippen LogP contribution in [-0.4, -0.2) is 37.2 Å². The zero-order valence-corrected chi connectivity index (χ0v) is 46.3. The smallest absolute Gasteiger partial charge is 0.306 e. The van der Waals surface area contributed by atoms with E-state index in [1.165, 1.54) is 167 Å². The summed E-state index contributed by atoms with van der Waals surface area (Å²) in [5.74, 6) is -0.875. The van der Waals surface area contributed by atoms with Gasteiger partial charge in [-0.05, 0) is 89.9 Å². The third-order valence-electron chi connectivity index (χ3n) is 12.9. The van der Waals surface area contributed by atoms with Gasteiger partial charge in [-0.15, -0.1) is 0 Å². The molecule has 70 heavy (non-hydrogen) atoms. The highest BCUT2D eigenvalue weighted by Crippen LogP contribution is 2.16. The fourth-order valence-corrected chi connectivity index (χ4v) is 8.47. The summed E-state index contributed by atoms with van der Waals surface area (Å²) in [6.07, 6.45) is 74.8. The molecule has 0 radical (unpaired) electrons. The Hall–Kier alpha value is -3.15. The standard InChI is InChI=1S/C64H112O6/c1-4-7-10-13-16-19-21-23-25-27-29-30-31-32-33-34-36-37-39-41-43-45-48-51-54-57-63(66)69-60-61(59-68-62(65)56-53-50-47-18-15-12-9-6-3)70-64(67)58-55-52-49-46-44-42-40-38-35-28-26-24-22-20-17-14-11-8-5-2/h7,10,16-17,19-20,23-26,29-30,61H,4-6,8-9,11-15,18,21-22,27-28,31-60H2,1-3H3/b10-7-,19-16-,20-17-,25-23-,26-24-,30-29-. The van der Waals surface area contributed by atoms with Crippen molar-refractivity contribution in [2.45, 2.75) is 303 Å². The number of hydrogen-bond acceptors (Lipinski definition) is 6. The van der Waals surface area contributed by atoms with Crippen molar-refractivity contribution in [2.75, 3.05) is 13.2 Å². The molecule has 0 fully saturated rings. The third-order valence-corrected chi connectivity index (χ3v) is 12.9. The Labute approximate surface area is 433 Å². The quantitative estimate of drug-likeness (QED) is 0.0261. The first-order valence-electron chi connectivity index (χ1n) is 29.9. The van der Waals surface area contributed by atoms with Crippen molar-refractivity contribution < 1.29 is 28.6 Å². The van der Waals surface area contributed by atoms with Crippen LogP contribution in [0.3, 0.4) is 0 Å². The molecule has 6 heteroatoms. The lowest BCUT2D eigenvalue weighted by atomic mass is 10.0. The van der Waals surface area contributed by atoms with Crippen LogP contribution in [0.4, 0.5) is 0 Å². The summed E-state index contributed by atoms with van der Waals surface area (Å²) < 4.78 is 16.8. The maximum Gasteiger partial charge on any atom is 0.306 e. The third kappa shape index (κ3) is 55.8. The molecule has 0 aromatic carbocycles. The van der Waals surface area contributed by atoms with Crippen LogP contribution in [0.5, 0.6) is 0 Å². The van der Waals surface area contributed by atoms with Gasteiger partial charge in [0.05, 0.1) is 0 Å². The second-order valence-corrected chi connectivity index (χ2v) is 19.9. The first-order chi connectivity index (χ1) is 34.5. The van der Waals surface area contributed by atoms with Crippen LogP contribution in [0.25, 0.3) is 0 Å². The summed E-state index contributed by atoms with van der Waals surface area (Å²) in [6, 6.07) is 0.